The molecule has 3 unspecified atom stereocenters. The first-order valence-corrected chi connectivity index (χ1v) is 7.26. The van der Waals surface area contributed by atoms with E-state index in [1.54, 1.807) is 0 Å². The number of nitrogens with zero attached hydrogens (tertiary/aromatic N) is 1. The molecule has 18 heavy (non-hydrogen) atoms. The predicted octanol–water partition coefficient (Wildman–Crippen LogP) is 2.91. The molecule has 1 amide bonds. The van der Waals surface area contributed by atoms with Gasteiger partial charge < -0.3 is 9.64 Å². The van der Waals surface area contributed by atoms with E-state index < -0.39 is 0 Å². The summed E-state index contributed by atoms with van der Waals surface area (Å²) in [5, 5.41) is 0. The van der Waals surface area contributed by atoms with Crippen molar-refractivity contribution < 1.29 is 9.53 Å². The Bertz CT molecular complexity index is 288. The lowest BCUT2D eigenvalue weighted by atomic mass is 9.80. The highest BCUT2D eigenvalue weighted by atomic mass is 35.5. The van der Waals surface area contributed by atoms with Gasteiger partial charge in [0.2, 0.25) is 5.91 Å². The van der Waals surface area contributed by atoms with Crippen LogP contribution in [0.5, 0.6) is 0 Å². The Balaban J connectivity index is 2.56. The summed E-state index contributed by atoms with van der Waals surface area (Å²) in [5.74, 6) is 1.04. The predicted molar refractivity (Wildman–Crippen MR) is 74.9 cm³/mol. The molecule has 0 spiro atoms. The van der Waals surface area contributed by atoms with E-state index >= 15 is 0 Å². The number of carbonyl (C=O) groups is 1. The van der Waals surface area contributed by atoms with Crippen LogP contribution in [0.2, 0.25) is 0 Å². The Labute approximate surface area is 116 Å². The normalized spacial score (nSPS) is 27.1. The molecule has 1 rings (SSSR count). The second kappa shape index (κ2) is 6.25. The maximum absolute atomic E-state index is 12.3. The second-order valence-electron chi connectivity index (χ2n) is 6.49. The number of carbonyl (C=O) groups excluding carboxylic acids is 1. The van der Waals surface area contributed by atoms with Crippen molar-refractivity contribution in [1.29, 1.82) is 0 Å². The zero-order valence-electron chi connectivity index (χ0n) is 12.2. The van der Waals surface area contributed by atoms with Crippen LogP contribution in [-0.2, 0) is 9.53 Å². The van der Waals surface area contributed by atoms with E-state index in [1.165, 1.54) is 0 Å². The van der Waals surface area contributed by atoms with Gasteiger partial charge in [0, 0.05) is 19.5 Å². The van der Waals surface area contributed by atoms with Gasteiger partial charge in [-0.15, -0.1) is 11.6 Å². The van der Waals surface area contributed by atoms with Crippen LogP contribution in [0.3, 0.4) is 0 Å². The molecule has 0 radical (unpaired) electrons. The molecule has 1 aliphatic heterocycles. The Morgan fingerprint density at radius 2 is 2.06 bits per heavy atom. The number of hydrogen-bond acceptors (Lipinski definition) is 2. The van der Waals surface area contributed by atoms with Crippen LogP contribution < -0.4 is 0 Å². The van der Waals surface area contributed by atoms with E-state index in [9.17, 15) is 4.79 Å². The Hall–Kier alpha value is -0.280. The van der Waals surface area contributed by atoms with Gasteiger partial charge in [-0.2, -0.15) is 0 Å². The number of alkyl halides is 1. The molecule has 0 aliphatic carbocycles. The molecule has 1 fully saturated rings. The number of rotatable bonds is 3. The van der Waals surface area contributed by atoms with E-state index in [0.29, 0.717) is 31.3 Å². The Kier molecular flexibility index (Phi) is 5.47. The van der Waals surface area contributed by atoms with Crippen molar-refractivity contribution in [3.63, 3.8) is 0 Å². The fourth-order valence-electron chi connectivity index (χ4n) is 2.03. The average Bonchev–Trinajstić information content (AvgIpc) is 2.26. The largest absolute Gasteiger partial charge is 0.370 e. The number of amides is 1. The van der Waals surface area contributed by atoms with Gasteiger partial charge in [-0.3, -0.25) is 4.79 Å². The van der Waals surface area contributed by atoms with Crippen molar-refractivity contribution in [3.8, 4) is 0 Å². The van der Waals surface area contributed by atoms with Gasteiger partial charge in [0.05, 0.1) is 18.1 Å². The fraction of sp³-hybridized carbons (Fsp3) is 0.929. The van der Waals surface area contributed by atoms with E-state index in [0.717, 1.165) is 0 Å². The number of hydrogen-bond donors (Lipinski definition) is 0. The van der Waals surface area contributed by atoms with E-state index in [2.05, 4.69) is 27.7 Å². The number of ether oxygens (including phenoxy) is 1. The summed E-state index contributed by atoms with van der Waals surface area (Å²) in [6, 6.07) is 0. The smallest absolute Gasteiger partial charge is 0.223 e. The molecular formula is C14H26ClNO2. The molecule has 3 nitrogen and oxygen atoms in total. The minimum Gasteiger partial charge on any atom is -0.370 e. The highest BCUT2D eigenvalue weighted by molar-refractivity contribution is 6.18. The van der Waals surface area contributed by atoms with Gasteiger partial charge in [-0.05, 0) is 18.3 Å². The third kappa shape index (κ3) is 4.43. The molecule has 4 heteroatoms. The quantitative estimate of drug-likeness (QED) is 0.741. The van der Waals surface area contributed by atoms with Gasteiger partial charge >= 0.3 is 0 Å². The minimum atomic E-state index is -0.0238. The summed E-state index contributed by atoms with van der Waals surface area (Å²) in [6.45, 7) is 12.0. The van der Waals surface area contributed by atoms with Crippen molar-refractivity contribution in [1.82, 2.24) is 4.90 Å². The molecule has 1 aliphatic rings. The molecular weight excluding hydrogens is 250 g/mol. The zero-order chi connectivity index (χ0) is 13.9. The summed E-state index contributed by atoms with van der Waals surface area (Å²) >= 11 is 5.83. The van der Waals surface area contributed by atoms with Crippen LogP contribution in [0, 0.1) is 11.3 Å². The van der Waals surface area contributed by atoms with Crippen LogP contribution in [0.15, 0.2) is 0 Å². The van der Waals surface area contributed by atoms with Crippen LogP contribution in [0.4, 0.5) is 0 Å². The number of halogens is 1. The van der Waals surface area contributed by atoms with Crippen molar-refractivity contribution in [3.05, 3.63) is 0 Å². The first-order chi connectivity index (χ1) is 8.24. The van der Waals surface area contributed by atoms with Crippen LogP contribution in [0.1, 0.15) is 41.0 Å². The van der Waals surface area contributed by atoms with Gasteiger partial charge in [0.15, 0.2) is 0 Å². The van der Waals surface area contributed by atoms with Crippen LogP contribution in [-0.4, -0.2) is 42.0 Å². The van der Waals surface area contributed by atoms with E-state index in [1.807, 2.05) is 11.8 Å². The lowest BCUT2D eigenvalue weighted by Crippen LogP contribution is -2.50. The van der Waals surface area contributed by atoms with Gasteiger partial charge in [-0.1, -0.05) is 27.7 Å². The summed E-state index contributed by atoms with van der Waals surface area (Å²) in [4.78, 5) is 14.2. The monoisotopic (exact) mass is 275 g/mol. The van der Waals surface area contributed by atoms with Gasteiger partial charge in [0.25, 0.3) is 0 Å². The highest BCUT2D eigenvalue weighted by Crippen LogP contribution is 2.29. The summed E-state index contributed by atoms with van der Waals surface area (Å²) in [6.07, 6.45) is 0.659. The molecule has 3 atom stereocenters. The average molecular weight is 276 g/mol. The van der Waals surface area contributed by atoms with E-state index in [-0.39, 0.29) is 23.5 Å². The molecule has 0 bridgehead atoms. The zero-order valence-corrected chi connectivity index (χ0v) is 13.0. The summed E-state index contributed by atoms with van der Waals surface area (Å²) in [5.41, 5.74) is 0.166. The van der Waals surface area contributed by atoms with Crippen LogP contribution >= 0.6 is 11.6 Å². The molecule has 0 aromatic heterocycles. The molecule has 1 saturated heterocycles. The fourth-order valence-corrected chi connectivity index (χ4v) is 2.20. The first kappa shape index (κ1) is 15.8. The van der Waals surface area contributed by atoms with Crippen molar-refractivity contribution >= 4 is 17.5 Å². The van der Waals surface area contributed by atoms with Crippen molar-refractivity contribution in [2.45, 2.75) is 53.2 Å². The lowest BCUT2D eigenvalue weighted by molar-refractivity contribution is -0.144. The molecule has 106 valence electrons. The van der Waals surface area contributed by atoms with Crippen molar-refractivity contribution in [2.75, 3.05) is 19.0 Å². The maximum Gasteiger partial charge on any atom is 0.223 e. The standard InChI is InChI=1S/C14H26ClNO2/c1-10(14(3,4)5)6-13(17)16-8-11(2)18-12(7-15)9-16/h10-12H,6-9H2,1-5H3. The van der Waals surface area contributed by atoms with Gasteiger partial charge in [0.1, 0.15) is 0 Å². The van der Waals surface area contributed by atoms with Gasteiger partial charge in [-0.25, -0.2) is 0 Å². The maximum atomic E-state index is 12.3. The third-order valence-corrected chi connectivity index (χ3v) is 4.15. The SMILES string of the molecule is CC1CN(C(=O)CC(C)C(C)(C)C)CC(CCl)O1. The Morgan fingerprint density at radius 1 is 1.44 bits per heavy atom. The van der Waals surface area contributed by atoms with E-state index in [4.69, 9.17) is 16.3 Å². The highest BCUT2D eigenvalue weighted by Gasteiger charge is 2.30. The topological polar surface area (TPSA) is 29.5 Å². The summed E-state index contributed by atoms with van der Waals surface area (Å²) in [7, 11) is 0. The van der Waals surface area contributed by atoms with Crippen molar-refractivity contribution in [2.24, 2.45) is 11.3 Å². The summed E-state index contributed by atoms with van der Waals surface area (Å²) < 4.78 is 5.66. The molecule has 0 N–H and O–H groups in total. The molecule has 0 aromatic rings. The first-order valence-electron chi connectivity index (χ1n) is 6.73. The molecule has 0 saturated carbocycles. The minimum absolute atomic E-state index is 0.0238. The molecule has 1 heterocycles. The number of morpholine rings is 1. The lowest BCUT2D eigenvalue weighted by Gasteiger charge is -2.37. The third-order valence-electron chi connectivity index (χ3n) is 3.81. The Morgan fingerprint density at radius 3 is 2.56 bits per heavy atom. The molecule has 0 aromatic carbocycles. The van der Waals surface area contributed by atoms with Crippen LogP contribution in [0.25, 0.3) is 0 Å². The second-order valence-corrected chi connectivity index (χ2v) is 6.80.